The Morgan fingerprint density at radius 2 is 2.25 bits per heavy atom. The zero-order valence-corrected chi connectivity index (χ0v) is 9.46. The van der Waals surface area contributed by atoms with E-state index in [-0.39, 0.29) is 0 Å². The molecule has 1 aromatic rings. The average molecular weight is 223 g/mol. The second kappa shape index (κ2) is 4.98. The molecule has 6 nitrogen and oxygen atoms in total. The van der Waals surface area contributed by atoms with Crippen LogP contribution in [0.4, 0.5) is 0 Å². The predicted molar refractivity (Wildman–Crippen MR) is 60.9 cm³/mol. The van der Waals surface area contributed by atoms with Crippen molar-refractivity contribution in [1.29, 1.82) is 0 Å². The smallest absolute Gasteiger partial charge is 0.191 e. The van der Waals surface area contributed by atoms with Crippen molar-refractivity contribution < 1.29 is 4.52 Å². The van der Waals surface area contributed by atoms with Gasteiger partial charge in [0.2, 0.25) is 0 Å². The summed E-state index contributed by atoms with van der Waals surface area (Å²) in [6, 6.07) is 1.90. The summed E-state index contributed by atoms with van der Waals surface area (Å²) in [5, 5.41) is 3.90. The Balaban J connectivity index is 1.81. The molecular formula is C10H17N5O. The Morgan fingerprint density at radius 3 is 2.81 bits per heavy atom. The number of piperazine rings is 1. The fraction of sp³-hybridized carbons (Fsp3) is 0.600. The topological polar surface area (TPSA) is 70.9 Å². The minimum atomic E-state index is 0.626. The van der Waals surface area contributed by atoms with E-state index in [1.54, 1.807) is 13.3 Å². The third-order valence-corrected chi connectivity index (χ3v) is 2.80. The highest BCUT2D eigenvalue weighted by Gasteiger charge is 2.18. The van der Waals surface area contributed by atoms with Crippen molar-refractivity contribution in [1.82, 2.24) is 15.0 Å². The molecule has 0 amide bonds. The lowest BCUT2D eigenvalue weighted by molar-refractivity contribution is 0.171. The molecule has 2 rings (SSSR count). The van der Waals surface area contributed by atoms with Crippen LogP contribution >= 0.6 is 0 Å². The van der Waals surface area contributed by atoms with Crippen molar-refractivity contribution in [2.45, 2.75) is 6.54 Å². The van der Waals surface area contributed by atoms with E-state index in [1.165, 1.54) is 0 Å². The summed E-state index contributed by atoms with van der Waals surface area (Å²) >= 11 is 0. The largest absolute Gasteiger partial charge is 0.370 e. The second-order valence-electron chi connectivity index (χ2n) is 3.84. The highest BCUT2D eigenvalue weighted by Crippen LogP contribution is 2.06. The molecule has 1 aliphatic rings. The third-order valence-electron chi connectivity index (χ3n) is 2.80. The van der Waals surface area contributed by atoms with Crippen LogP contribution in [0.1, 0.15) is 5.69 Å². The monoisotopic (exact) mass is 223 g/mol. The molecule has 0 saturated carbocycles. The molecule has 0 atom stereocenters. The maximum absolute atomic E-state index is 5.76. The average Bonchev–Trinajstić information content (AvgIpc) is 2.82. The van der Waals surface area contributed by atoms with Crippen LogP contribution < -0.4 is 5.73 Å². The normalized spacial score (nSPS) is 19.1. The molecule has 0 radical (unpaired) electrons. The number of rotatable bonds is 2. The lowest BCUT2D eigenvalue weighted by Gasteiger charge is -2.34. The first-order chi connectivity index (χ1) is 7.79. The second-order valence-corrected chi connectivity index (χ2v) is 3.84. The van der Waals surface area contributed by atoms with E-state index in [2.05, 4.69) is 19.9 Å². The van der Waals surface area contributed by atoms with Crippen molar-refractivity contribution in [3.8, 4) is 0 Å². The van der Waals surface area contributed by atoms with Gasteiger partial charge >= 0.3 is 0 Å². The third kappa shape index (κ3) is 2.52. The number of nitrogens with two attached hydrogens (primary N) is 1. The molecule has 2 N–H and O–H groups in total. The van der Waals surface area contributed by atoms with Crippen molar-refractivity contribution in [3.05, 3.63) is 18.0 Å². The van der Waals surface area contributed by atoms with E-state index >= 15 is 0 Å². The quantitative estimate of drug-likeness (QED) is 0.552. The number of hydrogen-bond acceptors (Lipinski definition) is 4. The summed E-state index contributed by atoms with van der Waals surface area (Å²) in [4.78, 5) is 8.41. The highest BCUT2D eigenvalue weighted by molar-refractivity contribution is 5.77. The number of aromatic nitrogens is 1. The predicted octanol–water partition coefficient (Wildman–Crippen LogP) is -0.263. The van der Waals surface area contributed by atoms with Gasteiger partial charge in [0.25, 0.3) is 0 Å². The van der Waals surface area contributed by atoms with E-state index < -0.39 is 0 Å². The summed E-state index contributed by atoms with van der Waals surface area (Å²) in [7, 11) is 1.72. The Kier molecular flexibility index (Phi) is 3.40. The molecule has 0 aromatic carbocycles. The zero-order chi connectivity index (χ0) is 11.4. The molecule has 1 aromatic heterocycles. The molecule has 2 heterocycles. The van der Waals surface area contributed by atoms with E-state index in [0.717, 1.165) is 38.4 Å². The van der Waals surface area contributed by atoms with Crippen LogP contribution in [0.2, 0.25) is 0 Å². The molecule has 88 valence electrons. The van der Waals surface area contributed by atoms with E-state index in [1.807, 2.05) is 6.07 Å². The lowest BCUT2D eigenvalue weighted by atomic mass is 10.3. The number of guanidine groups is 1. The van der Waals surface area contributed by atoms with Gasteiger partial charge in [-0.1, -0.05) is 5.16 Å². The Hall–Kier alpha value is -1.56. The van der Waals surface area contributed by atoms with Gasteiger partial charge in [0, 0.05) is 45.8 Å². The molecule has 0 unspecified atom stereocenters. The van der Waals surface area contributed by atoms with E-state index in [4.69, 9.17) is 10.3 Å². The van der Waals surface area contributed by atoms with Gasteiger partial charge in [-0.3, -0.25) is 9.89 Å². The van der Waals surface area contributed by atoms with Gasteiger partial charge in [-0.05, 0) is 0 Å². The summed E-state index contributed by atoms with van der Waals surface area (Å²) in [6.45, 7) is 4.63. The van der Waals surface area contributed by atoms with Crippen LogP contribution in [-0.4, -0.2) is 54.1 Å². The van der Waals surface area contributed by atoms with Crippen molar-refractivity contribution in [3.63, 3.8) is 0 Å². The minimum Gasteiger partial charge on any atom is -0.370 e. The number of nitrogens with zero attached hydrogens (tertiary/aromatic N) is 4. The molecule has 1 saturated heterocycles. The van der Waals surface area contributed by atoms with Crippen LogP contribution in [0.15, 0.2) is 21.8 Å². The summed E-state index contributed by atoms with van der Waals surface area (Å²) in [5.41, 5.74) is 6.74. The van der Waals surface area contributed by atoms with Crippen molar-refractivity contribution in [2.24, 2.45) is 10.7 Å². The van der Waals surface area contributed by atoms with Gasteiger partial charge < -0.3 is 15.2 Å². The molecule has 1 fully saturated rings. The summed E-state index contributed by atoms with van der Waals surface area (Å²) < 4.78 is 4.81. The molecule has 0 bridgehead atoms. The standard InChI is InChI=1S/C10H17N5O/c1-12-10(11)15-5-3-14(4-6-15)8-9-2-7-16-13-9/h2,7H,3-6,8H2,1H3,(H2,11,12). The molecule has 0 spiro atoms. The van der Waals surface area contributed by atoms with Crippen LogP contribution in [-0.2, 0) is 6.54 Å². The van der Waals surface area contributed by atoms with Gasteiger partial charge in [-0.2, -0.15) is 0 Å². The van der Waals surface area contributed by atoms with Gasteiger partial charge in [-0.25, -0.2) is 0 Å². The van der Waals surface area contributed by atoms with E-state index in [9.17, 15) is 0 Å². The molecule has 6 heteroatoms. The summed E-state index contributed by atoms with van der Waals surface area (Å²) in [5.74, 6) is 0.626. The first-order valence-electron chi connectivity index (χ1n) is 5.38. The van der Waals surface area contributed by atoms with Crippen LogP contribution in [0.5, 0.6) is 0 Å². The van der Waals surface area contributed by atoms with Crippen LogP contribution in [0.3, 0.4) is 0 Å². The lowest BCUT2D eigenvalue weighted by Crippen LogP contribution is -2.50. The number of hydrogen-bond donors (Lipinski definition) is 1. The molecule has 0 aliphatic carbocycles. The fourth-order valence-corrected chi connectivity index (χ4v) is 1.82. The van der Waals surface area contributed by atoms with Gasteiger partial charge in [0.15, 0.2) is 5.96 Å². The minimum absolute atomic E-state index is 0.626. The molecule has 16 heavy (non-hydrogen) atoms. The molecule has 1 aliphatic heterocycles. The maximum atomic E-state index is 5.76. The van der Waals surface area contributed by atoms with Crippen molar-refractivity contribution >= 4 is 5.96 Å². The SMILES string of the molecule is CN=C(N)N1CCN(Cc2ccon2)CC1. The molecular weight excluding hydrogens is 206 g/mol. The van der Waals surface area contributed by atoms with Crippen LogP contribution in [0.25, 0.3) is 0 Å². The van der Waals surface area contributed by atoms with Gasteiger partial charge in [0.1, 0.15) is 6.26 Å². The fourth-order valence-electron chi connectivity index (χ4n) is 1.82. The zero-order valence-electron chi connectivity index (χ0n) is 9.46. The maximum Gasteiger partial charge on any atom is 0.191 e. The Bertz CT molecular complexity index is 340. The highest BCUT2D eigenvalue weighted by atomic mass is 16.5. The Morgan fingerprint density at radius 1 is 1.50 bits per heavy atom. The van der Waals surface area contributed by atoms with Gasteiger partial charge in [0.05, 0.1) is 5.69 Å². The Labute approximate surface area is 94.7 Å². The van der Waals surface area contributed by atoms with E-state index in [0.29, 0.717) is 5.96 Å². The first-order valence-corrected chi connectivity index (χ1v) is 5.38. The van der Waals surface area contributed by atoms with Crippen LogP contribution in [0, 0.1) is 0 Å². The number of aliphatic imine (C=N–C) groups is 1. The first kappa shape index (κ1) is 10.9. The summed E-state index contributed by atoms with van der Waals surface area (Å²) in [6.07, 6.45) is 1.60. The van der Waals surface area contributed by atoms with Gasteiger partial charge in [-0.15, -0.1) is 0 Å². The van der Waals surface area contributed by atoms with Crippen molar-refractivity contribution in [2.75, 3.05) is 33.2 Å².